The van der Waals surface area contributed by atoms with Crippen molar-refractivity contribution in [3.63, 3.8) is 0 Å². The molecule has 1 heterocycles. The minimum Gasteiger partial charge on any atom is -0.481 e. The van der Waals surface area contributed by atoms with Gasteiger partial charge in [-0.05, 0) is 27.3 Å². The van der Waals surface area contributed by atoms with Crippen LogP contribution in [-0.2, 0) is 9.59 Å². The number of hydrogen-bond acceptors (Lipinski definition) is 4. The van der Waals surface area contributed by atoms with E-state index in [4.69, 9.17) is 10.2 Å². The van der Waals surface area contributed by atoms with Gasteiger partial charge in [0.15, 0.2) is 0 Å². The second kappa shape index (κ2) is 7.26. The summed E-state index contributed by atoms with van der Waals surface area (Å²) in [5.74, 6) is -2.31. The number of carbonyl (C=O) groups excluding carboxylic acids is 1. The second-order valence-corrected chi connectivity index (χ2v) is 5.54. The monoisotopic (exact) mass is 301 g/mol. The number of aliphatic carboxylic acids is 2. The first kappa shape index (κ1) is 17.2. The lowest BCUT2D eigenvalue weighted by Crippen LogP contribution is -2.59. The molecular weight excluding hydrogens is 278 g/mol. The third kappa shape index (κ3) is 4.89. The largest absolute Gasteiger partial charge is 0.481 e. The van der Waals surface area contributed by atoms with Crippen LogP contribution in [0.2, 0.25) is 0 Å². The van der Waals surface area contributed by atoms with Crippen molar-refractivity contribution in [3.05, 3.63) is 0 Å². The molecule has 1 aliphatic heterocycles. The lowest BCUT2D eigenvalue weighted by Gasteiger charge is -2.42. The van der Waals surface area contributed by atoms with E-state index in [-0.39, 0.29) is 24.9 Å². The Morgan fingerprint density at radius 3 is 2.14 bits per heavy atom. The van der Waals surface area contributed by atoms with Crippen molar-refractivity contribution in [2.45, 2.75) is 44.8 Å². The van der Waals surface area contributed by atoms with Gasteiger partial charge in [-0.25, -0.2) is 9.59 Å². The molecule has 1 fully saturated rings. The molecule has 2 amide bonds. The molecule has 2 unspecified atom stereocenters. The highest BCUT2D eigenvalue weighted by atomic mass is 16.4. The molecule has 3 N–H and O–H groups in total. The molecule has 1 saturated heterocycles. The van der Waals surface area contributed by atoms with E-state index in [2.05, 4.69) is 10.2 Å². The van der Waals surface area contributed by atoms with Crippen LogP contribution in [-0.4, -0.2) is 76.2 Å². The maximum atomic E-state index is 12.1. The fourth-order valence-corrected chi connectivity index (χ4v) is 2.34. The first-order chi connectivity index (χ1) is 9.72. The minimum atomic E-state index is -1.22. The zero-order valence-electron chi connectivity index (χ0n) is 12.6. The predicted octanol–water partition coefficient (Wildman–Crippen LogP) is 0.0384. The summed E-state index contributed by atoms with van der Waals surface area (Å²) in [5.41, 5.74) is 0. The highest BCUT2D eigenvalue weighted by Gasteiger charge is 2.31. The molecule has 21 heavy (non-hydrogen) atoms. The molecule has 0 aromatic rings. The number of piperazine rings is 1. The number of carbonyl (C=O) groups is 3. The topological polar surface area (TPSA) is 110 Å². The standard InChI is InChI=1S/C13H23N3O5/c1-8-6-16(7-9(2)15(8)3)13(21)14-10(12(19)20)4-5-11(17)18/h8-10H,4-7H2,1-3H3,(H,14,21)(H,17,18)(H,19,20)/t8?,9?,10-/m0/s1. The maximum absolute atomic E-state index is 12.1. The molecule has 8 nitrogen and oxygen atoms in total. The summed E-state index contributed by atoms with van der Waals surface area (Å²) < 4.78 is 0. The molecule has 0 aromatic carbocycles. The van der Waals surface area contributed by atoms with Crippen molar-refractivity contribution < 1.29 is 24.6 Å². The molecule has 1 rings (SSSR count). The third-order valence-corrected chi connectivity index (χ3v) is 3.89. The normalized spacial score (nSPS) is 24.4. The van der Waals surface area contributed by atoms with Crippen LogP contribution in [0, 0.1) is 0 Å². The summed E-state index contributed by atoms with van der Waals surface area (Å²) in [7, 11) is 1.98. The van der Waals surface area contributed by atoms with E-state index in [0.717, 1.165) is 0 Å². The van der Waals surface area contributed by atoms with Gasteiger partial charge in [0.1, 0.15) is 6.04 Å². The fraction of sp³-hybridized carbons (Fsp3) is 0.769. The average Bonchev–Trinajstić information content (AvgIpc) is 2.39. The number of likely N-dealkylation sites (N-methyl/N-ethyl adjacent to an activating group) is 1. The quantitative estimate of drug-likeness (QED) is 0.661. The van der Waals surface area contributed by atoms with E-state index in [0.29, 0.717) is 13.1 Å². The summed E-state index contributed by atoms with van der Waals surface area (Å²) in [6.45, 7) is 5.01. The summed E-state index contributed by atoms with van der Waals surface area (Å²) in [6.07, 6.45) is -0.429. The number of nitrogens with zero attached hydrogens (tertiary/aromatic N) is 2. The Hall–Kier alpha value is -1.83. The second-order valence-electron chi connectivity index (χ2n) is 5.54. The van der Waals surface area contributed by atoms with E-state index >= 15 is 0 Å². The lowest BCUT2D eigenvalue weighted by molar-refractivity contribution is -0.140. The van der Waals surface area contributed by atoms with Gasteiger partial charge in [0.2, 0.25) is 0 Å². The Kier molecular flexibility index (Phi) is 5.95. The van der Waals surface area contributed by atoms with Gasteiger partial charge in [-0.15, -0.1) is 0 Å². The number of amides is 2. The van der Waals surface area contributed by atoms with Crippen molar-refractivity contribution in [2.75, 3.05) is 20.1 Å². The fourth-order valence-electron chi connectivity index (χ4n) is 2.34. The van der Waals surface area contributed by atoms with Gasteiger partial charge >= 0.3 is 18.0 Å². The Bertz CT molecular complexity index is 403. The smallest absolute Gasteiger partial charge is 0.326 e. The molecule has 3 atom stereocenters. The molecule has 0 spiro atoms. The van der Waals surface area contributed by atoms with Crippen molar-refractivity contribution >= 4 is 18.0 Å². The zero-order chi connectivity index (χ0) is 16.2. The van der Waals surface area contributed by atoms with Gasteiger partial charge in [-0.3, -0.25) is 9.69 Å². The van der Waals surface area contributed by atoms with E-state index in [1.54, 1.807) is 4.90 Å². The van der Waals surface area contributed by atoms with Crippen molar-refractivity contribution in [1.29, 1.82) is 0 Å². The zero-order valence-corrected chi connectivity index (χ0v) is 12.6. The van der Waals surface area contributed by atoms with Gasteiger partial charge in [-0.1, -0.05) is 0 Å². The summed E-state index contributed by atoms with van der Waals surface area (Å²) in [6, 6.07) is -1.28. The first-order valence-corrected chi connectivity index (χ1v) is 6.94. The molecule has 1 aliphatic rings. The molecular formula is C13H23N3O5. The van der Waals surface area contributed by atoms with Crippen LogP contribution in [0.4, 0.5) is 4.79 Å². The Labute approximate surface area is 123 Å². The predicted molar refractivity (Wildman–Crippen MR) is 75.1 cm³/mol. The average molecular weight is 301 g/mol. The van der Waals surface area contributed by atoms with E-state index < -0.39 is 24.0 Å². The number of rotatable bonds is 5. The molecule has 0 bridgehead atoms. The summed E-state index contributed by atoms with van der Waals surface area (Å²) in [5, 5.41) is 20.1. The lowest BCUT2D eigenvalue weighted by atomic mass is 10.1. The van der Waals surface area contributed by atoms with Crippen LogP contribution in [0.25, 0.3) is 0 Å². The highest BCUT2D eigenvalue weighted by Crippen LogP contribution is 2.13. The van der Waals surface area contributed by atoms with Crippen LogP contribution >= 0.6 is 0 Å². The SMILES string of the molecule is CC1CN(C(=O)N[C@@H](CCC(=O)O)C(=O)O)CC(C)N1C. The van der Waals surface area contributed by atoms with E-state index in [1.165, 1.54) is 0 Å². The van der Waals surface area contributed by atoms with E-state index in [9.17, 15) is 14.4 Å². The number of urea groups is 1. The van der Waals surface area contributed by atoms with Gasteiger partial charge < -0.3 is 20.4 Å². The van der Waals surface area contributed by atoms with Crippen LogP contribution in [0.15, 0.2) is 0 Å². The van der Waals surface area contributed by atoms with Gasteiger partial charge in [0, 0.05) is 31.6 Å². The van der Waals surface area contributed by atoms with E-state index in [1.807, 2.05) is 20.9 Å². The number of carboxylic acids is 2. The first-order valence-electron chi connectivity index (χ1n) is 6.94. The molecule has 0 radical (unpaired) electrons. The van der Waals surface area contributed by atoms with Crippen LogP contribution in [0.1, 0.15) is 26.7 Å². The van der Waals surface area contributed by atoms with Gasteiger partial charge in [0.25, 0.3) is 0 Å². The van der Waals surface area contributed by atoms with Crippen LogP contribution in [0.3, 0.4) is 0 Å². The van der Waals surface area contributed by atoms with Crippen molar-refractivity contribution in [1.82, 2.24) is 15.1 Å². The van der Waals surface area contributed by atoms with Crippen molar-refractivity contribution in [2.24, 2.45) is 0 Å². The molecule has 0 aliphatic carbocycles. The third-order valence-electron chi connectivity index (χ3n) is 3.89. The summed E-state index contributed by atoms with van der Waals surface area (Å²) in [4.78, 5) is 37.5. The van der Waals surface area contributed by atoms with Crippen LogP contribution < -0.4 is 5.32 Å². The summed E-state index contributed by atoms with van der Waals surface area (Å²) >= 11 is 0. The van der Waals surface area contributed by atoms with Crippen LogP contribution in [0.5, 0.6) is 0 Å². The Morgan fingerprint density at radius 1 is 1.19 bits per heavy atom. The van der Waals surface area contributed by atoms with Gasteiger partial charge in [0.05, 0.1) is 0 Å². The molecule has 0 aromatic heterocycles. The minimum absolute atomic E-state index is 0.130. The molecule has 120 valence electrons. The highest BCUT2D eigenvalue weighted by molar-refractivity contribution is 5.83. The Morgan fingerprint density at radius 2 is 1.71 bits per heavy atom. The maximum Gasteiger partial charge on any atom is 0.326 e. The van der Waals surface area contributed by atoms with Crippen molar-refractivity contribution in [3.8, 4) is 0 Å². The molecule has 0 saturated carbocycles. The Balaban J connectivity index is 2.61. The number of hydrogen-bond donors (Lipinski definition) is 3. The van der Waals surface area contributed by atoms with Gasteiger partial charge in [-0.2, -0.15) is 0 Å². The number of nitrogens with one attached hydrogen (secondary N) is 1. The number of carboxylic acid groups (broad SMARTS) is 2. The molecule has 8 heteroatoms.